The predicted molar refractivity (Wildman–Crippen MR) is 171 cm³/mol. The topological polar surface area (TPSA) is 84.1 Å². The van der Waals surface area contributed by atoms with Crippen molar-refractivity contribution in [2.75, 3.05) is 11.9 Å². The van der Waals surface area contributed by atoms with Crippen molar-refractivity contribution in [3.63, 3.8) is 0 Å². The number of aromatic nitrogens is 1. The van der Waals surface area contributed by atoms with Crippen molar-refractivity contribution in [1.82, 2.24) is 4.57 Å². The van der Waals surface area contributed by atoms with Crippen LogP contribution in [0.15, 0.2) is 115 Å². The highest BCUT2D eigenvalue weighted by atomic mass is 35.5. The van der Waals surface area contributed by atoms with Crippen LogP contribution in [-0.4, -0.2) is 23.1 Å². The van der Waals surface area contributed by atoms with Crippen LogP contribution >= 0.6 is 11.6 Å². The minimum atomic E-state index is -0.547. The summed E-state index contributed by atoms with van der Waals surface area (Å²) >= 11 is 6.25. The van der Waals surface area contributed by atoms with Crippen LogP contribution in [0.5, 0.6) is 0 Å². The number of hydrogen-bond donors (Lipinski definition) is 1. The number of nitrogens with one attached hydrogen (secondary N) is 1. The fourth-order valence-corrected chi connectivity index (χ4v) is 4.94. The molecule has 0 spiro atoms. The Morgan fingerprint density at radius 3 is 2.16 bits per heavy atom. The summed E-state index contributed by atoms with van der Waals surface area (Å²) in [7, 11) is 0. The minimum Gasteiger partial charge on any atom is -0.462 e. The molecular weight excluding hydrogens is 558 g/mol. The molecule has 0 saturated carbocycles. The van der Waals surface area contributed by atoms with Gasteiger partial charge in [0, 0.05) is 22.0 Å². The fourth-order valence-electron chi connectivity index (χ4n) is 4.76. The molecule has 0 bridgehead atoms. The summed E-state index contributed by atoms with van der Waals surface area (Å²) in [6.07, 6.45) is 1.60. The molecule has 0 aliphatic rings. The zero-order valence-electron chi connectivity index (χ0n) is 23.7. The number of benzene rings is 4. The number of amides is 1. The van der Waals surface area contributed by atoms with E-state index in [2.05, 4.69) is 16.0 Å². The second-order valence-electron chi connectivity index (χ2n) is 9.76. The highest BCUT2D eigenvalue weighted by Crippen LogP contribution is 2.37. The van der Waals surface area contributed by atoms with Crippen molar-refractivity contribution in [2.45, 2.75) is 13.8 Å². The van der Waals surface area contributed by atoms with E-state index in [9.17, 15) is 14.9 Å². The molecule has 7 heteroatoms. The first-order valence-electron chi connectivity index (χ1n) is 13.7. The molecule has 1 heterocycles. The van der Waals surface area contributed by atoms with Gasteiger partial charge in [0.05, 0.1) is 23.6 Å². The van der Waals surface area contributed by atoms with Gasteiger partial charge in [-0.15, -0.1) is 0 Å². The molecule has 0 atom stereocenters. The number of nitriles is 1. The number of rotatable bonds is 8. The summed E-state index contributed by atoms with van der Waals surface area (Å²) in [4.78, 5) is 25.6. The van der Waals surface area contributed by atoms with Crippen LogP contribution < -0.4 is 5.32 Å². The lowest BCUT2D eigenvalue weighted by molar-refractivity contribution is -0.112. The highest BCUT2D eigenvalue weighted by molar-refractivity contribution is 6.31. The molecule has 0 radical (unpaired) electrons. The van der Waals surface area contributed by atoms with Crippen LogP contribution in [-0.2, 0) is 9.53 Å². The number of hydrogen-bond acceptors (Lipinski definition) is 4. The number of carbonyl (C=O) groups excluding carboxylic acids is 2. The van der Waals surface area contributed by atoms with Crippen molar-refractivity contribution in [2.24, 2.45) is 0 Å². The van der Waals surface area contributed by atoms with E-state index in [4.69, 9.17) is 16.3 Å². The Balaban J connectivity index is 1.69. The molecule has 212 valence electrons. The molecular formula is C36H28ClN3O3. The molecule has 5 aromatic rings. The minimum absolute atomic E-state index is 0.0664. The number of halogens is 1. The summed E-state index contributed by atoms with van der Waals surface area (Å²) < 4.78 is 7.24. The van der Waals surface area contributed by atoms with Gasteiger partial charge >= 0.3 is 5.97 Å². The standard InChI is InChI=1S/C36H28ClN3O3/c1-3-43-36(42)27-15-18-31(19-16-27)40-33(25-10-6-4-7-11-25)21-28(34(40)26-12-8-5-9-13-26)20-29(23-38)35(41)39-30-17-14-24(2)32(37)22-30/h4-22H,3H2,1-2H3,(H,39,41)/b29-20+. The Morgan fingerprint density at radius 1 is 0.907 bits per heavy atom. The number of nitrogens with zero attached hydrogens (tertiary/aromatic N) is 2. The van der Waals surface area contributed by atoms with E-state index in [1.165, 1.54) is 0 Å². The van der Waals surface area contributed by atoms with E-state index in [-0.39, 0.29) is 12.2 Å². The van der Waals surface area contributed by atoms with E-state index in [0.717, 1.165) is 33.8 Å². The fraction of sp³-hybridized carbons (Fsp3) is 0.0833. The van der Waals surface area contributed by atoms with Gasteiger partial charge in [-0.2, -0.15) is 5.26 Å². The number of anilines is 1. The van der Waals surface area contributed by atoms with Crippen LogP contribution in [0.4, 0.5) is 5.69 Å². The Kier molecular flexibility index (Phi) is 8.85. The van der Waals surface area contributed by atoms with Crippen LogP contribution in [0.3, 0.4) is 0 Å². The van der Waals surface area contributed by atoms with Gasteiger partial charge in [-0.05, 0) is 79.1 Å². The summed E-state index contributed by atoms with van der Waals surface area (Å²) in [6.45, 7) is 3.93. The molecule has 6 nitrogen and oxygen atoms in total. The van der Waals surface area contributed by atoms with Gasteiger partial charge in [-0.3, -0.25) is 4.79 Å². The molecule has 1 amide bonds. The predicted octanol–water partition coefficient (Wildman–Crippen LogP) is 8.50. The molecule has 43 heavy (non-hydrogen) atoms. The number of carbonyl (C=O) groups is 2. The molecule has 5 rings (SSSR count). The van der Waals surface area contributed by atoms with Crippen LogP contribution in [0, 0.1) is 18.3 Å². The normalized spacial score (nSPS) is 11.1. The van der Waals surface area contributed by atoms with Crippen molar-refractivity contribution < 1.29 is 14.3 Å². The summed E-state index contributed by atoms with van der Waals surface area (Å²) in [5.41, 5.74) is 6.67. The van der Waals surface area contributed by atoms with Crippen LogP contribution in [0.1, 0.15) is 28.4 Å². The molecule has 4 aromatic carbocycles. The van der Waals surface area contributed by atoms with Crippen molar-refractivity contribution >= 4 is 35.2 Å². The summed E-state index contributed by atoms with van der Waals surface area (Å²) in [6, 6.07) is 36.0. The Bertz CT molecular complexity index is 1850. The third kappa shape index (κ3) is 6.43. The summed E-state index contributed by atoms with van der Waals surface area (Å²) in [5, 5.41) is 13.4. The van der Waals surface area contributed by atoms with E-state index in [1.807, 2.05) is 85.8 Å². The van der Waals surface area contributed by atoms with E-state index >= 15 is 0 Å². The second-order valence-corrected chi connectivity index (χ2v) is 10.2. The SMILES string of the molecule is CCOC(=O)c1ccc(-n2c(-c3ccccc3)cc(/C=C(\C#N)C(=O)Nc3ccc(C)c(Cl)c3)c2-c2ccccc2)cc1. The maximum absolute atomic E-state index is 13.3. The molecule has 1 aromatic heterocycles. The molecule has 0 fully saturated rings. The molecule has 0 aliphatic carbocycles. The first-order chi connectivity index (χ1) is 20.9. The highest BCUT2D eigenvalue weighted by Gasteiger charge is 2.21. The average Bonchev–Trinajstić information content (AvgIpc) is 3.41. The van der Waals surface area contributed by atoms with Gasteiger partial charge in [0.2, 0.25) is 0 Å². The summed E-state index contributed by atoms with van der Waals surface area (Å²) in [5.74, 6) is -0.939. The first kappa shape index (κ1) is 29.1. The van der Waals surface area contributed by atoms with Crippen molar-refractivity contribution in [3.8, 4) is 34.3 Å². The molecule has 0 aliphatic heterocycles. The first-order valence-corrected chi connectivity index (χ1v) is 14.1. The van der Waals surface area contributed by atoms with E-state index in [0.29, 0.717) is 21.8 Å². The maximum Gasteiger partial charge on any atom is 0.338 e. The Hall–Kier alpha value is -5.38. The lowest BCUT2D eigenvalue weighted by Crippen LogP contribution is -2.13. The van der Waals surface area contributed by atoms with Gasteiger partial charge < -0.3 is 14.6 Å². The largest absolute Gasteiger partial charge is 0.462 e. The Labute approximate surface area is 255 Å². The van der Waals surface area contributed by atoms with Crippen molar-refractivity contribution in [1.29, 1.82) is 5.26 Å². The zero-order valence-corrected chi connectivity index (χ0v) is 24.4. The van der Waals surface area contributed by atoms with Gasteiger partial charge in [0.15, 0.2) is 0 Å². The van der Waals surface area contributed by atoms with Gasteiger partial charge in [0.25, 0.3) is 5.91 Å². The lowest BCUT2D eigenvalue weighted by Gasteiger charge is -2.15. The van der Waals surface area contributed by atoms with Crippen LogP contribution in [0.25, 0.3) is 34.3 Å². The second kappa shape index (κ2) is 13.1. The number of esters is 1. The van der Waals surface area contributed by atoms with E-state index in [1.54, 1.807) is 43.3 Å². The molecule has 0 unspecified atom stereocenters. The lowest BCUT2D eigenvalue weighted by atomic mass is 10.0. The third-order valence-electron chi connectivity index (χ3n) is 6.88. The molecule has 0 saturated heterocycles. The number of aryl methyl sites for hydroxylation is 1. The van der Waals surface area contributed by atoms with Gasteiger partial charge in [0.1, 0.15) is 11.6 Å². The third-order valence-corrected chi connectivity index (χ3v) is 7.29. The zero-order chi connectivity index (χ0) is 30.3. The van der Waals surface area contributed by atoms with Crippen LogP contribution in [0.2, 0.25) is 5.02 Å². The monoisotopic (exact) mass is 585 g/mol. The van der Waals surface area contributed by atoms with Gasteiger partial charge in [-0.1, -0.05) is 78.3 Å². The average molecular weight is 586 g/mol. The van der Waals surface area contributed by atoms with Crippen molar-refractivity contribution in [3.05, 3.63) is 136 Å². The van der Waals surface area contributed by atoms with E-state index < -0.39 is 11.9 Å². The molecule has 1 N–H and O–H groups in total. The Morgan fingerprint density at radius 2 is 1.56 bits per heavy atom. The smallest absolute Gasteiger partial charge is 0.338 e. The van der Waals surface area contributed by atoms with Gasteiger partial charge in [-0.25, -0.2) is 4.79 Å². The number of ether oxygens (including phenoxy) is 1. The maximum atomic E-state index is 13.3. The quantitative estimate of drug-likeness (QED) is 0.112.